The number of amides is 1. The number of nitrogens with one attached hydrogen (secondary N) is 1. The molecule has 0 saturated carbocycles. The highest BCUT2D eigenvalue weighted by Gasteiger charge is 2.33. The summed E-state index contributed by atoms with van der Waals surface area (Å²) in [4.78, 5) is 26.9. The smallest absolute Gasteiger partial charge is 0.408 e. The summed E-state index contributed by atoms with van der Waals surface area (Å²) in [5.74, 6) is -1.06. The predicted molar refractivity (Wildman–Crippen MR) is 135 cm³/mol. The highest BCUT2D eigenvalue weighted by Crippen LogP contribution is 2.26. The van der Waals surface area contributed by atoms with Crippen molar-refractivity contribution in [3.63, 3.8) is 0 Å². The van der Waals surface area contributed by atoms with Gasteiger partial charge in [-0.2, -0.15) is 4.31 Å². The van der Waals surface area contributed by atoms with Crippen LogP contribution >= 0.6 is 0 Å². The van der Waals surface area contributed by atoms with Gasteiger partial charge in [-0.1, -0.05) is 18.2 Å². The van der Waals surface area contributed by atoms with E-state index in [1.54, 1.807) is 13.1 Å². The minimum absolute atomic E-state index is 0.0565. The second kappa shape index (κ2) is 10.7. The lowest BCUT2D eigenvalue weighted by atomic mass is 9.99. The van der Waals surface area contributed by atoms with Crippen LogP contribution in [0.1, 0.15) is 26.2 Å². The first-order valence-electron chi connectivity index (χ1n) is 12.0. The van der Waals surface area contributed by atoms with Gasteiger partial charge in [-0.25, -0.2) is 13.2 Å². The fourth-order valence-electron chi connectivity index (χ4n) is 4.53. The molecule has 0 unspecified atom stereocenters. The Balaban J connectivity index is 1.34. The van der Waals surface area contributed by atoms with Crippen LogP contribution in [0.25, 0.3) is 11.1 Å². The Morgan fingerprint density at radius 2 is 1.97 bits per heavy atom. The van der Waals surface area contributed by atoms with Crippen LogP contribution in [0.5, 0.6) is 0 Å². The number of oxazole rings is 1. The van der Waals surface area contributed by atoms with Crippen LogP contribution < -0.4 is 16.0 Å². The van der Waals surface area contributed by atoms with Crippen molar-refractivity contribution < 1.29 is 17.6 Å². The monoisotopic (exact) mass is 500 g/mol. The third-order valence-electron chi connectivity index (χ3n) is 6.56. The first kappa shape index (κ1) is 25.0. The Morgan fingerprint density at radius 3 is 2.71 bits per heavy atom. The fourth-order valence-corrected chi connectivity index (χ4v) is 6.07. The van der Waals surface area contributed by atoms with Gasteiger partial charge in [-0.15, -0.1) is 0 Å². The summed E-state index contributed by atoms with van der Waals surface area (Å²) >= 11 is 0. The summed E-state index contributed by atoms with van der Waals surface area (Å²) in [7, 11) is -2.25. The number of rotatable bonds is 9. The molecule has 2 heterocycles. The van der Waals surface area contributed by atoms with Crippen molar-refractivity contribution in [2.45, 2.75) is 31.1 Å². The number of sulfonamides is 1. The van der Waals surface area contributed by atoms with Crippen LogP contribution in [0.15, 0.2) is 62.6 Å². The van der Waals surface area contributed by atoms with Crippen LogP contribution in [0.4, 0.5) is 5.69 Å². The van der Waals surface area contributed by atoms with Crippen molar-refractivity contribution in [1.82, 2.24) is 14.2 Å². The van der Waals surface area contributed by atoms with Gasteiger partial charge in [0.05, 0.1) is 16.3 Å². The quantitative estimate of drug-likeness (QED) is 0.453. The van der Waals surface area contributed by atoms with Gasteiger partial charge in [-0.3, -0.25) is 9.36 Å². The lowest BCUT2D eigenvalue weighted by Crippen LogP contribution is -2.45. The average molecular weight is 501 g/mol. The van der Waals surface area contributed by atoms with E-state index in [-0.39, 0.29) is 22.9 Å². The van der Waals surface area contributed by atoms with Crippen molar-refractivity contribution in [3.05, 3.63) is 59.1 Å². The number of benzene rings is 2. The number of nitrogens with zero attached hydrogens (tertiary/aromatic N) is 3. The van der Waals surface area contributed by atoms with Crippen LogP contribution in [-0.4, -0.2) is 55.9 Å². The molecule has 1 N–H and O–H groups in total. The molecule has 9 nitrogen and oxygen atoms in total. The number of anilines is 1. The van der Waals surface area contributed by atoms with Crippen molar-refractivity contribution in [2.24, 2.45) is 13.0 Å². The Bertz CT molecular complexity index is 1330. The number of fused-ring (bicyclic) bond motifs is 1. The second-order valence-electron chi connectivity index (χ2n) is 8.82. The zero-order chi connectivity index (χ0) is 25.0. The first-order chi connectivity index (χ1) is 16.8. The van der Waals surface area contributed by atoms with Gasteiger partial charge < -0.3 is 14.6 Å². The maximum atomic E-state index is 13.3. The van der Waals surface area contributed by atoms with E-state index in [0.717, 1.165) is 25.2 Å². The Labute approximate surface area is 205 Å². The number of para-hydroxylation sites is 1. The molecule has 1 fully saturated rings. The highest BCUT2D eigenvalue weighted by molar-refractivity contribution is 7.89. The third-order valence-corrected chi connectivity index (χ3v) is 8.42. The van der Waals surface area contributed by atoms with Gasteiger partial charge in [0.25, 0.3) is 0 Å². The SMILES string of the molecule is CCN(CCCNC(=O)[C@@H]1CCCN(S(=O)(=O)c2ccc3c(c2)oc(=O)n3C)C1)c1ccccc1. The first-order valence-corrected chi connectivity index (χ1v) is 13.4. The summed E-state index contributed by atoms with van der Waals surface area (Å²) in [6.45, 7) is 4.83. The lowest BCUT2D eigenvalue weighted by Gasteiger charge is -2.31. The molecule has 1 atom stereocenters. The van der Waals surface area contributed by atoms with Crippen LogP contribution in [-0.2, 0) is 21.9 Å². The van der Waals surface area contributed by atoms with E-state index in [2.05, 4.69) is 29.3 Å². The molecule has 1 amide bonds. The highest BCUT2D eigenvalue weighted by atomic mass is 32.2. The summed E-state index contributed by atoms with van der Waals surface area (Å²) in [5.41, 5.74) is 1.91. The van der Waals surface area contributed by atoms with Crippen molar-refractivity contribution in [3.8, 4) is 0 Å². The average Bonchev–Trinajstić information content (AvgIpc) is 3.17. The van der Waals surface area contributed by atoms with Crippen molar-refractivity contribution >= 4 is 32.7 Å². The number of carbonyl (C=O) groups is 1. The molecule has 0 spiro atoms. The van der Waals surface area contributed by atoms with Crippen molar-refractivity contribution in [2.75, 3.05) is 37.6 Å². The molecule has 10 heteroatoms. The van der Waals surface area contributed by atoms with Crippen molar-refractivity contribution in [1.29, 1.82) is 0 Å². The fraction of sp³-hybridized carbons (Fsp3) is 0.440. The Hall–Kier alpha value is -3.11. The predicted octanol–water partition coefficient (Wildman–Crippen LogP) is 2.57. The van der Waals surface area contributed by atoms with Crippen LogP contribution in [0, 0.1) is 5.92 Å². The molecule has 35 heavy (non-hydrogen) atoms. The Kier molecular flexibility index (Phi) is 7.61. The summed E-state index contributed by atoms with van der Waals surface area (Å²) in [6.07, 6.45) is 2.05. The molecular formula is C25H32N4O5S. The third kappa shape index (κ3) is 5.43. The minimum Gasteiger partial charge on any atom is -0.408 e. The van der Waals surface area contributed by atoms with E-state index in [1.807, 2.05) is 18.2 Å². The molecule has 0 aliphatic carbocycles. The molecule has 1 aromatic heterocycles. The summed E-state index contributed by atoms with van der Waals surface area (Å²) < 4.78 is 34.3. The molecule has 0 bridgehead atoms. The van der Waals surface area contributed by atoms with Gasteiger partial charge in [0.15, 0.2) is 5.58 Å². The molecule has 2 aromatic carbocycles. The maximum absolute atomic E-state index is 13.3. The van der Waals surface area contributed by atoms with E-state index in [9.17, 15) is 18.0 Å². The summed E-state index contributed by atoms with van der Waals surface area (Å²) in [6, 6.07) is 14.6. The number of piperidine rings is 1. The van der Waals surface area contributed by atoms with E-state index < -0.39 is 21.7 Å². The molecule has 1 saturated heterocycles. The number of carbonyl (C=O) groups excluding carboxylic acids is 1. The van der Waals surface area contributed by atoms with Gasteiger partial charge >= 0.3 is 5.76 Å². The maximum Gasteiger partial charge on any atom is 0.419 e. The van der Waals surface area contributed by atoms with E-state index >= 15 is 0 Å². The summed E-state index contributed by atoms with van der Waals surface area (Å²) in [5, 5.41) is 2.99. The number of aryl methyl sites for hydroxylation is 1. The Morgan fingerprint density at radius 1 is 1.20 bits per heavy atom. The van der Waals surface area contributed by atoms with E-state index in [0.29, 0.717) is 31.4 Å². The van der Waals surface area contributed by atoms with Crippen LogP contribution in [0.3, 0.4) is 0 Å². The number of hydrogen-bond donors (Lipinski definition) is 1. The van der Waals surface area contributed by atoms with E-state index in [1.165, 1.54) is 21.0 Å². The molecule has 4 rings (SSSR count). The number of aromatic nitrogens is 1. The van der Waals surface area contributed by atoms with Gasteiger partial charge in [-0.05, 0) is 50.5 Å². The van der Waals surface area contributed by atoms with E-state index in [4.69, 9.17) is 4.42 Å². The largest absolute Gasteiger partial charge is 0.419 e. The van der Waals surface area contributed by atoms with Crippen LogP contribution in [0.2, 0.25) is 0 Å². The van der Waals surface area contributed by atoms with Gasteiger partial charge in [0.2, 0.25) is 15.9 Å². The number of hydrogen-bond acceptors (Lipinski definition) is 6. The van der Waals surface area contributed by atoms with Gasteiger partial charge in [0, 0.05) is 51.5 Å². The second-order valence-corrected chi connectivity index (χ2v) is 10.8. The molecule has 0 radical (unpaired) electrons. The molecule has 3 aromatic rings. The standard InChI is InChI=1S/C25H32N4O5S/c1-3-28(20-10-5-4-6-11-20)15-8-14-26-24(30)19-9-7-16-29(18-19)35(32,33)21-12-13-22-23(17-21)34-25(31)27(22)2/h4-6,10-13,17,19H,3,7-9,14-16,18H2,1-2H3,(H,26,30)/t19-/m1/s1. The zero-order valence-corrected chi connectivity index (χ0v) is 21.0. The lowest BCUT2D eigenvalue weighted by molar-refractivity contribution is -0.126. The normalized spacial score (nSPS) is 16.9. The molecular weight excluding hydrogens is 468 g/mol. The molecule has 1 aliphatic heterocycles. The molecule has 188 valence electrons. The topological polar surface area (TPSA) is 105 Å². The molecule has 1 aliphatic rings. The van der Waals surface area contributed by atoms with Gasteiger partial charge in [0.1, 0.15) is 0 Å². The zero-order valence-electron chi connectivity index (χ0n) is 20.1. The minimum atomic E-state index is -3.82.